The van der Waals surface area contributed by atoms with Crippen LogP contribution in [0.3, 0.4) is 0 Å². The highest BCUT2D eigenvalue weighted by atomic mass is 16.5. The average Bonchev–Trinajstić information content (AvgIpc) is 3.42. The molecule has 1 saturated heterocycles. The molecule has 0 bridgehead atoms. The molecule has 1 aliphatic heterocycles. The fraction of sp³-hybridized carbons (Fsp3) is 0.400. The highest BCUT2D eigenvalue weighted by Gasteiger charge is 2.42. The topological polar surface area (TPSA) is 51.2 Å². The highest BCUT2D eigenvalue weighted by molar-refractivity contribution is 5.30. The third kappa shape index (κ3) is 5.98. The zero-order chi connectivity index (χ0) is 24.2. The monoisotopic (exact) mass is 473 g/mol. The van der Waals surface area contributed by atoms with Crippen molar-refractivity contribution in [1.82, 2.24) is 4.90 Å². The first-order valence-electron chi connectivity index (χ1n) is 12.5. The molecule has 1 aliphatic carbocycles. The number of likely N-dealkylation sites (tertiary alicyclic amines) is 1. The number of methoxy groups -OCH3 is 1. The molecule has 3 aromatic carbocycles. The Morgan fingerprint density at radius 1 is 0.857 bits per heavy atom. The van der Waals surface area contributed by atoms with Crippen LogP contribution < -0.4 is 9.47 Å². The molecule has 5 rings (SSSR count). The van der Waals surface area contributed by atoms with Crippen molar-refractivity contribution in [2.75, 3.05) is 26.7 Å². The molecule has 1 N–H and O–H groups in total. The Morgan fingerprint density at radius 2 is 1.49 bits per heavy atom. The van der Waals surface area contributed by atoms with Gasteiger partial charge in [0.2, 0.25) is 0 Å². The molecule has 0 aromatic heterocycles. The number of phenols is 1. The van der Waals surface area contributed by atoms with Crippen LogP contribution in [0.1, 0.15) is 35.6 Å². The number of rotatable bonds is 9. The number of benzene rings is 3. The first kappa shape index (κ1) is 23.7. The number of phenolic OH excluding ortho intramolecular Hbond substituents is 1. The smallest absolute Gasteiger partial charge is 0.119 e. The van der Waals surface area contributed by atoms with Gasteiger partial charge in [-0.15, -0.1) is 0 Å². The second-order valence-corrected chi connectivity index (χ2v) is 10.0. The molecule has 2 unspecified atom stereocenters. The van der Waals surface area contributed by atoms with Crippen LogP contribution >= 0.6 is 0 Å². The van der Waals surface area contributed by atoms with Crippen LogP contribution in [0.2, 0.25) is 0 Å². The van der Waals surface area contributed by atoms with Crippen molar-refractivity contribution in [1.29, 1.82) is 0 Å². The molecule has 1 heterocycles. The minimum atomic E-state index is 0.0413. The van der Waals surface area contributed by atoms with Crippen LogP contribution in [0.15, 0.2) is 72.8 Å². The number of hydrogen-bond donors (Lipinski definition) is 1. The summed E-state index contributed by atoms with van der Waals surface area (Å²) in [6.45, 7) is 5.71. The van der Waals surface area contributed by atoms with Crippen LogP contribution in [0, 0.1) is 18.8 Å². The maximum Gasteiger partial charge on any atom is 0.119 e. The summed E-state index contributed by atoms with van der Waals surface area (Å²) in [4.78, 5) is 2.56. The largest absolute Gasteiger partial charge is 0.508 e. The average molecular weight is 474 g/mol. The van der Waals surface area contributed by atoms with E-state index in [1.165, 1.54) is 11.1 Å². The van der Waals surface area contributed by atoms with Crippen LogP contribution in [-0.2, 0) is 11.3 Å². The van der Waals surface area contributed by atoms with Gasteiger partial charge in [0, 0.05) is 26.7 Å². The Balaban J connectivity index is 1.10. The van der Waals surface area contributed by atoms with Crippen molar-refractivity contribution in [3.05, 3.63) is 89.5 Å². The molecule has 0 radical (unpaired) electrons. The number of fused-ring (bicyclic) bond motifs is 1. The predicted octanol–water partition coefficient (Wildman–Crippen LogP) is 5.76. The number of aryl methyl sites for hydroxylation is 1. The van der Waals surface area contributed by atoms with Gasteiger partial charge in [0.15, 0.2) is 0 Å². The van der Waals surface area contributed by atoms with Gasteiger partial charge in [-0.25, -0.2) is 0 Å². The molecule has 2 fully saturated rings. The van der Waals surface area contributed by atoms with E-state index in [0.717, 1.165) is 49.5 Å². The van der Waals surface area contributed by atoms with Crippen LogP contribution in [0.4, 0.5) is 0 Å². The van der Waals surface area contributed by atoms with E-state index in [4.69, 9.17) is 14.2 Å². The van der Waals surface area contributed by atoms with E-state index in [0.29, 0.717) is 24.5 Å². The van der Waals surface area contributed by atoms with Crippen molar-refractivity contribution < 1.29 is 19.3 Å². The molecule has 1 saturated carbocycles. The lowest BCUT2D eigenvalue weighted by Crippen LogP contribution is -2.29. The van der Waals surface area contributed by atoms with Gasteiger partial charge in [-0.1, -0.05) is 42.0 Å². The summed E-state index contributed by atoms with van der Waals surface area (Å²) in [5, 5.41) is 9.41. The second-order valence-electron chi connectivity index (χ2n) is 10.0. The molecule has 3 aromatic rings. The van der Waals surface area contributed by atoms with Crippen molar-refractivity contribution in [2.24, 2.45) is 11.8 Å². The van der Waals surface area contributed by atoms with Gasteiger partial charge in [0.05, 0.1) is 12.2 Å². The predicted molar refractivity (Wildman–Crippen MR) is 137 cm³/mol. The molecule has 5 nitrogen and oxygen atoms in total. The van der Waals surface area contributed by atoms with Gasteiger partial charge in [-0.3, -0.25) is 4.90 Å². The van der Waals surface area contributed by atoms with Crippen molar-refractivity contribution in [3.63, 3.8) is 0 Å². The fourth-order valence-electron chi connectivity index (χ4n) is 5.48. The molecular weight excluding hydrogens is 438 g/mol. The molecule has 0 spiro atoms. The Labute approximate surface area is 208 Å². The summed E-state index contributed by atoms with van der Waals surface area (Å²) in [6, 6.07) is 23.7. The third-order valence-electron chi connectivity index (χ3n) is 7.41. The summed E-state index contributed by atoms with van der Waals surface area (Å²) in [6.07, 6.45) is 2.65. The molecule has 0 amide bonds. The molecule has 2 aliphatic rings. The van der Waals surface area contributed by atoms with Gasteiger partial charge >= 0.3 is 0 Å². The number of aromatic hydroxyl groups is 1. The second kappa shape index (κ2) is 10.7. The lowest BCUT2D eigenvalue weighted by Gasteiger charge is -2.25. The van der Waals surface area contributed by atoms with Gasteiger partial charge in [-0.05, 0) is 79.1 Å². The quantitative estimate of drug-likeness (QED) is 0.428. The number of ether oxygens (including phenoxy) is 3. The Kier molecular flexibility index (Phi) is 7.26. The van der Waals surface area contributed by atoms with Gasteiger partial charge in [0.25, 0.3) is 0 Å². The normalized spacial score (nSPS) is 22.6. The van der Waals surface area contributed by atoms with E-state index in [2.05, 4.69) is 48.2 Å². The summed E-state index contributed by atoms with van der Waals surface area (Å²) in [7, 11) is 1.79. The van der Waals surface area contributed by atoms with E-state index in [-0.39, 0.29) is 11.9 Å². The summed E-state index contributed by atoms with van der Waals surface area (Å²) < 4.78 is 18.0. The lowest BCUT2D eigenvalue weighted by molar-refractivity contribution is 0.0667. The Hall–Kier alpha value is -3.02. The zero-order valence-electron chi connectivity index (χ0n) is 20.6. The van der Waals surface area contributed by atoms with E-state index in [1.807, 2.05) is 24.3 Å². The zero-order valence-corrected chi connectivity index (χ0v) is 20.6. The van der Waals surface area contributed by atoms with E-state index >= 15 is 0 Å². The number of nitrogens with zero attached hydrogens (tertiary/aromatic N) is 1. The molecule has 4 atom stereocenters. The van der Waals surface area contributed by atoms with Gasteiger partial charge in [0.1, 0.15) is 23.9 Å². The molecule has 5 heteroatoms. The van der Waals surface area contributed by atoms with Crippen LogP contribution in [0.25, 0.3) is 0 Å². The minimum Gasteiger partial charge on any atom is -0.508 e. The Morgan fingerprint density at radius 3 is 2.11 bits per heavy atom. The summed E-state index contributed by atoms with van der Waals surface area (Å²) in [5.41, 5.74) is 3.45. The van der Waals surface area contributed by atoms with Gasteiger partial charge < -0.3 is 19.3 Å². The molecular formula is C30H35NO4. The van der Waals surface area contributed by atoms with Crippen LogP contribution in [0.5, 0.6) is 17.2 Å². The third-order valence-corrected chi connectivity index (χ3v) is 7.41. The SMILES string of the molecule is COC(CN1C[C@H]2CC(Oc3ccc(C)cc3)C[C@H]2C1)c1ccc(OCc2ccc(O)cc2)cc1. The highest BCUT2D eigenvalue weighted by Crippen LogP contribution is 2.40. The van der Waals surface area contributed by atoms with E-state index in [9.17, 15) is 5.11 Å². The minimum absolute atomic E-state index is 0.0413. The fourth-order valence-corrected chi connectivity index (χ4v) is 5.48. The molecule has 184 valence electrons. The maximum absolute atomic E-state index is 9.41. The van der Waals surface area contributed by atoms with Crippen LogP contribution in [-0.4, -0.2) is 42.9 Å². The molecule has 35 heavy (non-hydrogen) atoms. The van der Waals surface area contributed by atoms with Crippen molar-refractivity contribution in [2.45, 2.75) is 38.6 Å². The first-order valence-corrected chi connectivity index (χ1v) is 12.5. The van der Waals surface area contributed by atoms with E-state index < -0.39 is 0 Å². The lowest BCUT2D eigenvalue weighted by atomic mass is 10.0. The van der Waals surface area contributed by atoms with Crippen molar-refractivity contribution in [3.8, 4) is 17.2 Å². The Bertz CT molecular complexity index is 1070. The first-order chi connectivity index (χ1) is 17.1. The summed E-state index contributed by atoms with van der Waals surface area (Å²) >= 11 is 0. The summed E-state index contributed by atoms with van der Waals surface area (Å²) in [5.74, 6) is 3.50. The van der Waals surface area contributed by atoms with Crippen molar-refractivity contribution >= 4 is 0 Å². The number of hydrogen-bond acceptors (Lipinski definition) is 5. The standard InChI is InChI=1S/C30H35NO4/c1-21-3-11-28(12-4-21)35-29-15-24-17-31(18-25(24)16-29)19-30(33-2)23-7-13-27(14-8-23)34-20-22-5-9-26(32)10-6-22/h3-14,24-25,29-30,32H,15-20H2,1-2H3/t24-,25+,29?,30?. The van der Waals surface area contributed by atoms with Gasteiger partial charge in [-0.2, -0.15) is 0 Å². The van der Waals surface area contributed by atoms with E-state index in [1.54, 1.807) is 19.2 Å². The maximum atomic E-state index is 9.41.